The summed E-state index contributed by atoms with van der Waals surface area (Å²) in [4.78, 5) is 2.74. The maximum Gasteiger partial charge on any atom is 0.00926 e. The number of nitrogens with zero attached hydrogens (tertiary/aromatic N) is 1. The smallest absolute Gasteiger partial charge is 0.00926 e. The minimum absolute atomic E-state index is 0.327. The monoisotopic (exact) mass is 240 g/mol. The Morgan fingerprint density at radius 1 is 1.24 bits per heavy atom. The molecule has 0 radical (unpaired) electrons. The fourth-order valence-corrected chi connectivity index (χ4v) is 2.86. The van der Waals surface area contributed by atoms with Gasteiger partial charge in [-0.25, -0.2) is 0 Å². The quantitative estimate of drug-likeness (QED) is 0.771. The van der Waals surface area contributed by atoms with Gasteiger partial charge in [-0.15, -0.1) is 0 Å². The molecule has 0 aliphatic carbocycles. The topological polar surface area (TPSA) is 29.3 Å². The van der Waals surface area contributed by atoms with Crippen LogP contribution in [0.15, 0.2) is 0 Å². The minimum atomic E-state index is 0.327. The van der Waals surface area contributed by atoms with Crippen molar-refractivity contribution < 1.29 is 0 Å². The molecule has 0 aromatic heterocycles. The Morgan fingerprint density at radius 2 is 2.00 bits per heavy atom. The van der Waals surface area contributed by atoms with E-state index in [1.165, 1.54) is 58.0 Å². The first kappa shape index (κ1) is 15.0. The molecule has 1 unspecified atom stereocenters. The summed E-state index contributed by atoms with van der Waals surface area (Å²) in [7, 11) is 0. The van der Waals surface area contributed by atoms with Gasteiger partial charge in [0.1, 0.15) is 0 Å². The molecule has 1 fully saturated rings. The first-order chi connectivity index (χ1) is 8.09. The Kier molecular flexibility index (Phi) is 6.50. The molecular formula is C15H32N2. The molecule has 102 valence electrons. The van der Waals surface area contributed by atoms with E-state index in [0.717, 1.165) is 12.6 Å². The average Bonchev–Trinajstić information content (AvgIpc) is 2.54. The fourth-order valence-electron chi connectivity index (χ4n) is 2.86. The lowest BCUT2D eigenvalue weighted by atomic mass is 9.88. The third-order valence-corrected chi connectivity index (χ3v) is 4.32. The highest BCUT2D eigenvalue weighted by molar-refractivity contribution is 4.76. The summed E-state index contributed by atoms with van der Waals surface area (Å²) in [6.45, 7) is 10.3. The van der Waals surface area contributed by atoms with E-state index in [1.54, 1.807) is 0 Å². The van der Waals surface area contributed by atoms with Crippen LogP contribution in [0.4, 0.5) is 0 Å². The van der Waals surface area contributed by atoms with E-state index in [1.807, 2.05) is 0 Å². The van der Waals surface area contributed by atoms with Crippen molar-refractivity contribution >= 4 is 0 Å². The van der Waals surface area contributed by atoms with Crippen molar-refractivity contribution in [3.8, 4) is 0 Å². The van der Waals surface area contributed by atoms with Gasteiger partial charge in [0.15, 0.2) is 0 Å². The summed E-state index contributed by atoms with van der Waals surface area (Å²) in [5, 5.41) is 0. The third kappa shape index (κ3) is 5.39. The van der Waals surface area contributed by atoms with Crippen LogP contribution in [-0.2, 0) is 0 Å². The molecule has 1 rings (SSSR count). The van der Waals surface area contributed by atoms with Gasteiger partial charge in [-0.2, -0.15) is 0 Å². The molecule has 1 saturated heterocycles. The van der Waals surface area contributed by atoms with Crippen LogP contribution in [0.1, 0.15) is 65.7 Å². The summed E-state index contributed by atoms with van der Waals surface area (Å²) in [5.41, 5.74) is 6.12. The fraction of sp³-hybridized carbons (Fsp3) is 1.00. The average molecular weight is 240 g/mol. The van der Waals surface area contributed by atoms with Gasteiger partial charge in [-0.05, 0) is 57.2 Å². The lowest BCUT2D eigenvalue weighted by Gasteiger charge is -2.30. The lowest BCUT2D eigenvalue weighted by molar-refractivity contribution is 0.180. The van der Waals surface area contributed by atoms with E-state index < -0.39 is 0 Å². The van der Waals surface area contributed by atoms with Crippen LogP contribution in [-0.4, -0.2) is 30.6 Å². The molecule has 1 atom stereocenters. The van der Waals surface area contributed by atoms with Crippen LogP contribution in [0.5, 0.6) is 0 Å². The molecule has 0 bridgehead atoms. The molecular weight excluding hydrogens is 208 g/mol. The molecule has 0 amide bonds. The number of hydrogen-bond donors (Lipinski definition) is 1. The van der Waals surface area contributed by atoms with E-state index in [2.05, 4.69) is 25.7 Å². The van der Waals surface area contributed by atoms with Crippen molar-refractivity contribution in [2.24, 2.45) is 11.1 Å². The molecule has 17 heavy (non-hydrogen) atoms. The van der Waals surface area contributed by atoms with E-state index in [4.69, 9.17) is 5.73 Å². The molecule has 0 spiro atoms. The molecule has 0 saturated carbocycles. The van der Waals surface area contributed by atoms with Crippen LogP contribution in [0.3, 0.4) is 0 Å². The summed E-state index contributed by atoms with van der Waals surface area (Å²) >= 11 is 0. The second-order valence-electron chi connectivity index (χ2n) is 6.42. The first-order valence-corrected chi connectivity index (χ1v) is 7.53. The predicted octanol–water partition coefficient (Wildman–Crippen LogP) is 3.41. The van der Waals surface area contributed by atoms with Gasteiger partial charge >= 0.3 is 0 Å². The van der Waals surface area contributed by atoms with Gasteiger partial charge in [0.2, 0.25) is 0 Å². The van der Waals surface area contributed by atoms with Crippen molar-refractivity contribution in [3.05, 3.63) is 0 Å². The van der Waals surface area contributed by atoms with Gasteiger partial charge in [0, 0.05) is 6.04 Å². The molecule has 2 heteroatoms. The van der Waals surface area contributed by atoms with E-state index >= 15 is 0 Å². The Hall–Kier alpha value is -0.0800. The molecule has 1 aliphatic heterocycles. The largest absolute Gasteiger partial charge is 0.330 e. The van der Waals surface area contributed by atoms with E-state index in [9.17, 15) is 0 Å². The normalized spacial score (nSPS) is 23.6. The number of hydrogen-bond acceptors (Lipinski definition) is 2. The van der Waals surface area contributed by atoms with Crippen molar-refractivity contribution in [1.82, 2.24) is 4.90 Å². The van der Waals surface area contributed by atoms with E-state index in [0.29, 0.717) is 5.41 Å². The first-order valence-electron chi connectivity index (χ1n) is 7.53. The Balaban J connectivity index is 2.32. The van der Waals surface area contributed by atoms with E-state index in [-0.39, 0.29) is 0 Å². The second-order valence-corrected chi connectivity index (χ2v) is 6.42. The maximum absolute atomic E-state index is 5.79. The Labute approximate surface area is 108 Å². The molecule has 0 aromatic rings. The second kappa shape index (κ2) is 7.38. The summed E-state index contributed by atoms with van der Waals surface area (Å²) < 4.78 is 0. The van der Waals surface area contributed by atoms with Gasteiger partial charge in [-0.3, -0.25) is 0 Å². The Morgan fingerprint density at radius 3 is 2.65 bits per heavy atom. The molecule has 1 aliphatic rings. The van der Waals surface area contributed by atoms with Crippen molar-refractivity contribution in [2.75, 3.05) is 19.6 Å². The lowest BCUT2D eigenvalue weighted by Crippen LogP contribution is -2.36. The number of likely N-dealkylation sites (tertiary alicyclic amines) is 1. The Bertz CT molecular complexity index is 201. The SMILES string of the molecule is CCC1CCCCCN1CCCC(C)(C)CN. The van der Waals surface area contributed by atoms with Crippen molar-refractivity contribution in [3.63, 3.8) is 0 Å². The maximum atomic E-state index is 5.79. The van der Waals surface area contributed by atoms with Gasteiger partial charge < -0.3 is 10.6 Å². The number of rotatable bonds is 6. The molecule has 1 heterocycles. The number of nitrogens with two attached hydrogens (primary N) is 1. The standard InChI is InChI=1S/C15H32N2/c1-4-14-9-6-5-7-11-17(14)12-8-10-15(2,3)13-16/h14H,4-13,16H2,1-3H3. The third-order valence-electron chi connectivity index (χ3n) is 4.32. The highest BCUT2D eigenvalue weighted by atomic mass is 15.1. The van der Waals surface area contributed by atoms with Crippen LogP contribution >= 0.6 is 0 Å². The van der Waals surface area contributed by atoms with Crippen LogP contribution in [0, 0.1) is 5.41 Å². The predicted molar refractivity (Wildman–Crippen MR) is 76.2 cm³/mol. The van der Waals surface area contributed by atoms with Gasteiger partial charge in [-0.1, -0.05) is 33.6 Å². The zero-order valence-corrected chi connectivity index (χ0v) is 12.2. The van der Waals surface area contributed by atoms with Crippen LogP contribution < -0.4 is 5.73 Å². The summed E-state index contributed by atoms with van der Waals surface area (Å²) in [6, 6.07) is 0.846. The van der Waals surface area contributed by atoms with Crippen molar-refractivity contribution in [1.29, 1.82) is 0 Å². The zero-order valence-electron chi connectivity index (χ0n) is 12.2. The van der Waals surface area contributed by atoms with Crippen LogP contribution in [0.2, 0.25) is 0 Å². The zero-order chi connectivity index (χ0) is 12.7. The summed E-state index contributed by atoms with van der Waals surface area (Å²) in [5.74, 6) is 0. The van der Waals surface area contributed by atoms with Crippen molar-refractivity contribution in [2.45, 2.75) is 71.8 Å². The summed E-state index contributed by atoms with van der Waals surface area (Å²) in [6.07, 6.45) is 9.57. The highest BCUT2D eigenvalue weighted by Crippen LogP contribution is 2.23. The highest BCUT2D eigenvalue weighted by Gasteiger charge is 2.20. The van der Waals surface area contributed by atoms with Gasteiger partial charge in [0.05, 0.1) is 0 Å². The van der Waals surface area contributed by atoms with Gasteiger partial charge in [0.25, 0.3) is 0 Å². The molecule has 0 aromatic carbocycles. The minimum Gasteiger partial charge on any atom is -0.330 e. The molecule has 2 N–H and O–H groups in total. The molecule has 2 nitrogen and oxygen atoms in total. The van der Waals surface area contributed by atoms with Crippen LogP contribution in [0.25, 0.3) is 0 Å².